The lowest BCUT2D eigenvalue weighted by Crippen LogP contribution is -2.39. The number of carbonyl (C=O) groups excluding carboxylic acids is 1. The summed E-state index contributed by atoms with van der Waals surface area (Å²) >= 11 is 1.27. The number of amides is 1. The Labute approximate surface area is 243 Å². The second kappa shape index (κ2) is 11.8. The van der Waals surface area contributed by atoms with E-state index in [1.54, 1.807) is 23.1 Å². The van der Waals surface area contributed by atoms with Crippen LogP contribution in [0.3, 0.4) is 0 Å². The Kier molecular flexibility index (Phi) is 8.03. The fourth-order valence-corrected chi connectivity index (χ4v) is 7.92. The zero-order chi connectivity index (χ0) is 28.4. The molecule has 1 amide bonds. The highest BCUT2D eigenvalue weighted by Crippen LogP contribution is 2.33. The Bertz CT molecular complexity index is 1650. The average Bonchev–Trinajstić information content (AvgIpc) is 3.42. The van der Waals surface area contributed by atoms with E-state index < -0.39 is 10.0 Å². The maximum Gasteiger partial charge on any atom is 0.264 e. The number of nitrogens with zero attached hydrogens (tertiary/aromatic N) is 4. The number of benzene rings is 3. The SMILES string of the molecule is O=C(c1ccc(S(=O)(=O)N2CCCc3ccccc32)cc1)N(CCCN1CCOCC1)c1nc2ccc(F)cc2s1. The number of rotatable bonds is 8. The smallest absolute Gasteiger partial charge is 0.264 e. The van der Waals surface area contributed by atoms with Crippen molar-refractivity contribution in [1.29, 1.82) is 0 Å². The molecule has 1 fully saturated rings. The first-order valence-corrected chi connectivity index (χ1v) is 16.0. The lowest BCUT2D eigenvalue weighted by Gasteiger charge is -2.30. The van der Waals surface area contributed by atoms with Gasteiger partial charge < -0.3 is 4.74 Å². The van der Waals surface area contributed by atoms with Crippen LogP contribution < -0.4 is 9.21 Å². The van der Waals surface area contributed by atoms with Crippen molar-refractivity contribution < 1.29 is 22.3 Å². The Hall–Kier alpha value is -3.38. The van der Waals surface area contributed by atoms with E-state index in [4.69, 9.17) is 4.74 Å². The summed E-state index contributed by atoms with van der Waals surface area (Å²) in [5.41, 5.74) is 2.70. The van der Waals surface area contributed by atoms with Gasteiger partial charge in [-0.3, -0.25) is 18.9 Å². The largest absolute Gasteiger partial charge is 0.379 e. The lowest BCUT2D eigenvalue weighted by atomic mass is 10.0. The zero-order valence-electron chi connectivity index (χ0n) is 22.5. The number of ether oxygens (including phenoxy) is 1. The number of hydrogen-bond acceptors (Lipinski definition) is 7. The topological polar surface area (TPSA) is 83.1 Å². The van der Waals surface area contributed by atoms with Crippen molar-refractivity contribution >= 4 is 48.3 Å². The van der Waals surface area contributed by atoms with E-state index in [1.165, 1.54) is 39.9 Å². The zero-order valence-corrected chi connectivity index (χ0v) is 24.2. The summed E-state index contributed by atoms with van der Waals surface area (Å²) in [6.45, 7) is 4.74. The molecule has 8 nitrogen and oxygen atoms in total. The minimum absolute atomic E-state index is 0.139. The number of anilines is 2. The molecular formula is C30H31FN4O4S2. The Balaban J connectivity index is 1.25. The Morgan fingerprint density at radius 1 is 1.02 bits per heavy atom. The molecule has 0 spiro atoms. The molecule has 1 aromatic heterocycles. The van der Waals surface area contributed by atoms with Crippen molar-refractivity contribution in [2.75, 3.05) is 55.1 Å². The van der Waals surface area contributed by atoms with Gasteiger partial charge in [-0.2, -0.15) is 0 Å². The molecule has 0 saturated carbocycles. The number of morpholine rings is 1. The molecule has 3 aromatic carbocycles. The molecular weight excluding hydrogens is 563 g/mol. The summed E-state index contributed by atoms with van der Waals surface area (Å²) in [7, 11) is -3.79. The van der Waals surface area contributed by atoms with Gasteiger partial charge in [-0.1, -0.05) is 29.5 Å². The van der Waals surface area contributed by atoms with Gasteiger partial charge in [-0.05, 0) is 73.4 Å². The molecule has 3 heterocycles. The van der Waals surface area contributed by atoms with Crippen molar-refractivity contribution in [1.82, 2.24) is 9.88 Å². The van der Waals surface area contributed by atoms with Crippen LogP contribution in [0.4, 0.5) is 15.2 Å². The minimum atomic E-state index is -3.79. The number of sulfonamides is 1. The Morgan fingerprint density at radius 3 is 2.61 bits per heavy atom. The number of carbonyl (C=O) groups is 1. The highest BCUT2D eigenvalue weighted by atomic mass is 32.2. The minimum Gasteiger partial charge on any atom is -0.379 e. The fourth-order valence-electron chi connectivity index (χ4n) is 5.36. The van der Waals surface area contributed by atoms with Crippen molar-refractivity contribution in [3.63, 3.8) is 0 Å². The maximum atomic E-state index is 13.9. The van der Waals surface area contributed by atoms with Crippen LogP contribution in [-0.2, 0) is 21.2 Å². The van der Waals surface area contributed by atoms with Gasteiger partial charge in [0.05, 0.1) is 34.0 Å². The van der Waals surface area contributed by atoms with Gasteiger partial charge in [0.25, 0.3) is 15.9 Å². The van der Waals surface area contributed by atoms with Crippen molar-refractivity contribution in [3.05, 3.63) is 83.7 Å². The van der Waals surface area contributed by atoms with Gasteiger partial charge in [0, 0.05) is 38.3 Å². The molecule has 6 rings (SSSR count). The molecule has 2 aliphatic rings. The molecule has 0 unspecified atom stereocenters. The van der Waals surface area contributed by atoms with Crippen LogP contribution in [0.25, 0.3) is 10.2 Å². The fraction of sp³-hybridized carbons (Fsp3) is 0.333. The maximum absolute atomic E-state index is 13.9. The standard InChI is InChI=1S/C30H31FN4O4S2/c31-24-10-13-26-28(21-24)40-30(32-26)34(15-4-14-33-17-19-39-20-18-33)29(36)23-8-11-25(12-9-23)41(37,38)35-16-3-6-22-5-1-2-7-27(22)35/h1-2,5,7-13,21H,3-4,6,14-20H2. The molecule has 4 aromatic rings. The summed E-state index contributed by atoms with van der Waals surface area (Å²) < 4.78 is 48.6. The molecule has 0 radical (unpaired) electrons. The molecule has 0 atom stereocenters. The predicted molar refractivity (Wildman–Crippen MR) is 159 cm³/mol. The molecule has 11 heteroatoms. The summed E-state index contributed by atoms with van der Waals surface area (Å²) in [6, 6.07) is 18.1. The number of para-hydroxylation sites is 1. The van der Waals surface area contributed by atoms with Crippen molar-refractivity contribution in [2.24, 2.45) is 0 Å². The number of aryl methyl sites for hydroxylation is 1. The third-order valence-electron chi connectivity index (χ3n) is 7.53. The summed E-state index contributed by atoms with van der Waals surface area (Å²) in [5.74, 6) is -0.634. The Morgan fingerprint density at radius 2 is 1.80 bits per heavy atom. The van der Waals surface area contributed by atoms with Crippen LogP contribution in [0, 0.1) is 5.82 Å². The highest BCUT2D eigenvalue weighted by Gasteiger charge is 2.29. The van der Waals surface area contributed by atoms with Gasteiger partial charge in [-0.15, -0.1) is 0 Å². The number of thiazole rings is 1. The first-order chi connectivity index (χ1) is 19.9. The second-order valence-corrected chi connectivity index (χ2v) is 13.1. The van der Waals surface area contributed by atoms with Crippen LogP contribution in [0.5, 0.6) is 0 Å². The van der Waals surface area contributed by atoms with Crippen LogP contribution in [0.15, 0.2) is 71.6 Å². The van der Waals surface area contributed by atoms with E-state index in [1.807, 2.05) is 24.3 Å². The number of fused-ring (bicyclic) bond motifs is 2. The van der Waals surface area contributed by atoms with Crippen molar-refractivity contribution in [2.45, 2.75) is 24.2 Å². The van der Waals surface area contributed by atoms with Crippen LogP contribution in [-0.4, -0.2) is 70.1 Å². The van der Waals surface area contributed by atoms with Crippen molar-refractivity contribution in [3.8, 4) is 0 Å². The van der Waals surface area contributed by atoms with E-state index in [0.717, 1.165) is 44.5 Å². The second-order valence-electron chi connectivity index (χ2n) is 10.2. The highest BCUT2D eigenvalue weighted by molar-refractivity contribution is 7.92. The molecule has 1 saturated heterocycles. The number of hydrogen-bond donors (Lipinski definition) is 0. The van der Waals surface area contributed by atoms with Crippen LogP contribution in [0.2, 0.25) is 0 Å². The first kappa shape index (κ1) is 27.8. The van der Waals surface area contributed by atoms with Gasteiger partial charge in [-0.25, -0.2) is 17.8 Å². The van der Waals surface area contributed by atoms with Gasteiger partial charge in [0.1, 0.15) is 5.82 Å². The van der Waals surface area contributed by atoms with Crippen LogP contribution >= 0.6 is 11.3 Å². The molecule has 41 heavy (non-hydrogen) atoms. The van der Waals surface area contributed by atoms with Gasteiger partial charge in [0.15, 0.2) is 5.13 Å². The molecule has 0 aliphatic carbocycles. The quantitative estimate of drug-likeness (QED) is 0.287. The third kappa shape index (κ3) is 5.85. The normalized spacial score (nSPS) is 16.1. The molecule has 214 valence electrons. The lowest BCUT2D eigenvalue weighted by molar-refractivity contribution is 0.0376. The third-order valence-corrected chi connectivity index (χ3v) is 10.4. The molecule has 2 aliphatic heterocycles. The number of halogens is 1. The van der Waals surface area contributed by atoms with E-state index in [2.05, 4.69) is 9.88 Å². The van der Waals surface area contributed by atoms with E-state index >= 15 is 0 Å². The molecule has 0 N–H and O–H groups in total. The predicted octanol–water partition coefficient (Wildman–Crippen LogP) is 4.95. The van der Waals surface area contributed by atoms with E-state index in [9.17, 15) is 17.6 Å². The molecule has 0 bridgehead atoms. The van der Waals surface area contributed by atoms with E-state index in [0.29, 0.717) is 52.9 Å². The monoisotopic (exact) mass is 594 g/mol. The summed E-state index contributed by atoms with van der Waals surface area (Å²) in [5, 5.41) is 0.485. The first-order valence-electron chi connectivity index (χ1n) is 13.8. The summed E-state index contributed by atoms with van der Waals surface area (Å²) in [4.78, 5) is 22.5. The van der Waals surface area contributed by atoms with E-state index in [-0.39, 0.29) is 16.6 Å². The van der Waals surface area contributed by atoms with Crippen LogP contribution in [0.1, 0.15) is 28.8 Å². The summed E-state index contributed by atoms with van der Waals surface area (Å²) in [6.07, 6.45) is 2.31. The van der Waals surface area contributed by atoms with Gasteiger partial charge >= 0.3 is 0 Å². The average molecular weight is 595 g/mol. The number of aromatic nitrogens is 1. The van der Waals surface area contributed by atoms with Gasteiger partial charge in [0.2, 0.25) is 0 Å².